The van der Waals surface area contributed by atoms with Crippen LogP contribution < -0.4 is 0 Å². The van der Waals surface area contributed by atoms with Crippen LogP contribution in [-0.2, 0) is 0 Å². The number of rotatable bonds is 1. The molecule has 0 amide bonds. The van der Waals surface area contributed by atoms with Crippen LogP contribution in [0.1, 0.15) is 32.1 Å². The van der Waals surface area contributed by atoms with Crippen molar-refractivity contribution < 1.29 is 0 Å². The highest BCUT2D eigenvalue weighted by Crippen LogP contribution is 2.55. The molecule has 0 aromatic carbocycles. The Bertz CT molecular complexity index is 264. The molecule has 2 bridgehead atoms. The quantitative estimate of drug-likeness (QED) is 0.556. The van der Waals surface area contributed by atoms with Crippen LogP contribution in [0, 0.1) is 11.8 Å². The van der Waals surface area contributed by atoms with Gasteiger partial charge in [-0.2, -0.15) is 0 Å². The van der Waals surface area contributed by atoms with Crippen molar-refractivity contribution in [2.24, 2.45) is 11.8 Å². The van der Waals surface area contributed by atoms with Crippen LogP contribution in [0.5, 0.6) is 0 Å². The molecule has 1 heteroatoms. The predicted octanol–water partition coefficient (Wildman–Crippen LogP) is 2.44. The molecule has 0 N–H and O–H groups in total. The lowest BCUT2D eigenvalue weighted by atomic mass is 9.88. The normalized spacial score (nSPS) is 42.2. The van der Waals surface area contributed by atoms with E-state index in [0.29, 0.717) is 0 Å². The van der Waals surface area contributed by atoms with Crippen molar-refractivity contribution in [2.45, 2.75) is 38.1 Å². The average Bonchev–Trinajstić information content (AvgIpc) is 2.76. The topological polar surface area (TPSA) is 3.24 Å². The summed E-state index contributed by atoms with van der Waals surface area (Å²) in [7, 11) is 4.49. The Labute approximate surface area is 80.8 Å². The van der Waals surface area contributed by atoms with E-state index in [2.05, 4.69) is 19.0 Å². The second-order valence-electron chi connectivity index (χ2n) is 5.23. The Hall–Kier alpha value is -0.300. The monoisotopic (exact) mass is 177 g/mol. The van der Waals surface area contributed by atoms with Crippen molar-refractivity contribution in [3.63, 3.8) is 0 Å². The van der Waals surface area contributed by atoms with Gasteiger partial charge in [0.2, 0.25) is 0 Å². The van der Waals surface area contributed by atoms with Crippen LogP contribution in [0.3, 0.4) is 0 Å². The van der Waals surface area contributed by atoms with Gasteiger partial charge in [0.25, 0.3) is 0 Å². The first-order chi connectivity index (χ1) is 6.27. The maximum Gasteiger partial charge on any atom is 0.0307 e. The molecule has 3 rings (SSSR count). The average molecular weight is 177 g/mol. The van der Waals surface area contributed by atoms with Gasteiger partial charge in [0, 0.05) is 6.04 Å². The zero-order chi connectivity index (χ0) is 9.00. The van der Waals surface area contributed by atoms with Crippen molar-refractivity contribution in [3.05, 3.63) is 11.1 Å². The van der Waals surface area contributed by atoms with E-state index in [0.717, 1.165) is 17.9 Å². The highest BCUT2D eigenvalue weighted by atomic mass is 15.1. The summed E-state index contributed by atoms with van der Waals surface area (Å²) in [5.41, 5.74) is 3.73. The van der Waals surface area contributed by atoms with E-state index in [1.165, 1.54) is 32.1 Å². The first kappa shape index (κ1) is 8.05. The van der Waals surface area contributed by atoms with Gasteiger partial charge < -0.3 is 4.90 Å². The molecule has 0 heterocycles. The van der Waals surface area contributed by atoms with E-state index in [-0.39, 0.29) is 0 Å². The second kappa shape index (κ2) is 2.60. The minimum absolute atomic E-state index is 0.810. The SMILES string of the molecule is CN(C)C1CCC2C1=C1CCC2C1. The Morgan fingerprint density at radius 2 is 2.00 bits per heavy atom. The molecule has 0 aromatic heterocycles. The van der Waals surface area contributed by atoms with Crippen molar-refractivity contribution in [1.82, 2.24) is 4.90 Å². The van der Waals surface area contributed by atoms with Crippen LogP contribution in [0.15, 0.2) is 11.1 Å². The summed E-state index contributed by atoms with van der Waals surface area (Å²) < 4.78 is 0. The highest BCUT2D eigenvalue weighted by Gasteiger charge is 2.45. The number of allylic oxidation sites excluding steroid dienone is 1. The zero-order valence-electron chi connectivity index (χ0n) is 8.71. The lowest BCUT2D eigenvalue weighted by Gasteiger charge is -2.25. The number of fused-ring (bicyclic) bond motifs is 4. The van der Waals surface area contributed by atoms with Gasteiger partial charge in [-0.05, 0) is 58.0 Å². The predicted molar refractivity (Wildman–Crippen MR) is 54.6 cm³/mol. The van der Waals surface area contributed by atoms with E-state index < -0.39 is 0 Å². The molecule has 2 fully saturated rings. The number of hydrogen-bond donors (Lipinski definition) is 0. The van der Waals surface area contributed by atoms with Gasteiger partial charge in [0.05, 0.1) is 0 Å². The second-order valence-corrected chi connectivity index (χ2v) is 5.23. The van der Waals surface area contributed by atoms with Crippen LogP contribution in [-0.4, -0.2) is 25.0 Å². The number of hydrogen-bond acceptors (Lipinski definition) is 1. The molecule has 13 heavy (non-hydrogen) atoms. The minimum atomic E-state index is 0.810. The van der Waals surface area contributed by atoms with Crippen molar-refractivity contribution in [1.29, 1.82) is 0 Å². The van der Waals surface area contributed by atoms with Gasteiger partial charge in [-0.3, -0.25) is 0 Å². The molecule has 0 radical (unpaired) electrons. The number of nitrogens with zero attached hydrogens (tertiary/aromatic N) is 1. The molecule has 3 atom stereocenters. The molecule has 3 aliphatic carbocycles. The van der Waals surface area contributed by atoms with Crippen LogP contribution >= 0.6 is 0 Å². The molecule has 2 saturated carbocycles. The summed E-state index contributed by atoms with van der Waals surface area (Å²) in [5.74, 6) is 2.08. The molecule has 3 unspecified atom stereocenters. The summed E-state index contributed by atoms with van der Waals surface area (Å²) in [6, 6.07) is 0.810. The fourth-order valence-electron chi connectivity index (χ4n) is 3.91. The third kappa shape index (κ3) is 0.969. The van der Waals surface area contributed by atoms with Crippen molar-refractivity contribution in [2.75, 3.05) is 14.1 Å². The Balaban J connectivity index is 1.97. The number of likely N-dealkylation sites (N-methyl/N-ethyl adjacent to an activating group) is 1. The van der Waals surface area contributed by atoms with E-state index in [1.54, 1.807) is 0 Å². The standard InChI is InChI=1S/C12H19N/c1-13(2)11-6-5-10-8-3-4-9(7-8)12(10)11/h8,10-11H,3-7H2,1-2H3. The van der Waals surface area contributed by atoms with Crippen molar-refractivity contribution in [3.8, 4) is 0 Å². The summed E-state index contributed by atoms with van der Waals surface area (Å²) >= 11 is 0. The van der Waals surface area contributed by atoms with Gasteiger partial charge in [-0.25, -0.2) is 0 Å². The summed E-state index contributed by atoms with van der Waals surface area (Å²) in [5, 5.41) is 0. The first-order valence-corrected chi connectivity index (χ1v) is 5.65. The molecule has 0 aliphatic heterocycles. The van der Waals surface area contributed by atoms with Crippen LogP contribution in [0.2, 0.25) is 0 Å². The molecule has 0 aromatic rings. The largest absolute Gasteiger partial charge is 0.303 e. The lowest BCUT2D eigenvalue weighted by Crippen LogP contribution is -2.28. The van der Waals surface area contributed by atoms with Gasteiger partial charge in [-0.15, -0.1) is 0 Å². The third-order valence-electron chi connectivity index (χ3n) is 4.44. The fourth-order valence-corrected chi connectivity index (χ4v) is 3.91. The van der Waals surface area contributed by atoms with Gasteiger partial charge in [0.15, 0.2) is 0 Å². The highest BCUT2D eigenvalue weighted by molar-refractivity contribution is 5.35. The van der Waals surface area contributed by atoms with Gasteiger partial charge in [-0.1, -0.05) is 11.1 Å². The summed E-state index contributed by atoms with van der Waals surface area (Å²) in [6.07, 6.45) is 7.30. The molecule has 3 aliphatic rings. The maximum absolute atomic E-state index is 2.43. The minimum Gasteiger partial charge on any atom is -0.303 e. The summed E-state index contributed by atoms with van der Waals surface area (Å²) in [6.45, 7) is 0. The molecule has 0 saturated heterocycles. The molecule has 0 spiro atoms. The maximum atomic E-state index is 2.43. The fraction of sp³-hybridized carbons (Fsp3) is 0.833. The molecular weight excluding hydrogens is 158 g/mol. The molecule has 1 nitrogen and oxygen atoms in total. The molecular formula is C12H19N. The summed E-state index contributed by atoms with van der Waals surface area (Å²) in [4.78, 5) is 2.43. The van der Waals surface area contributed by atoms with Crippen molar-refractivity contribution >= 4 is 0 Å². The Kier molecular flexibility index (Phi) is 1.61. The Morgan fingerprint density at radius 1 is 1.15 bits per heavy atom. The van der Waals surface area contributed by atoms with E-state index in [1.807, 2.05) is 11.1 Å². The Morgan fingerprint density at radius 3 is 2.77 bits per heavy atom. The van der Waals surface area contributed by atoms with Gasteiger partial charge in [0.1, 0.15) is 0 Å². The zero-order valence-corrected chi connectivity index (χ0v) is 8.71. The smallest absolute Gasteiger partial charge is 0.0307 e. The first-order valence-electron chi connectivity index (χ1n) is 5.65. The van der Waals surface area contributed by atoms with E-state index >= 15 is 0 Å². The van der Waals surface area contributed by atoms with Crippen LogP contribution in [0.4, 0.5) is 0 Å². The van der Waals surface area contributed by atoms with Gasteiger partial charge >= 0.3 is 0 Å². The third-order valence-corrected chi connectivity index (χ3v) is 4.44. The molecule has 72 valence electrons. The van der Waals surface area contributed by atoms with E-state index in [9.17, 15) is 0 Å². The lowest BCUT2D eigenvalue weighted by molar-refractivity contribution is 0.332. The van der Waals surface area contributed by atoms with Crippen LogP contribution in [0.25, 0.3) is 0 Å². The van der Waals surface area contributed by atoms with E-state index in [4.69, 9.17) is 0 Å².